The van der Waals surface area contributed by atoms with Gasteiger partial charge in [-0.1, -0.05) is 0 Å². The van der Waals surface area contributed by atoms with Crippen molar-refractivity contribution in [2.45, 2.75) is 17.2 Å². The van der Waals surface area contributed by atoms with Gasteiger partial charge in [0.15, 0.2) is 4.21 Å². The first-order chi connectivity index (χ1) is 8.49. The number of thiophene rings is 1. The number of aromatic nitrogens is 1. The first-order valence-corrected chi connectivity index (χ1v) is 8.35. The molecule has 0 amide bonds. The van der Waals surface area contributed by atoms with Crippen LogP contribution in [0.5, 0.6) is 0 Å². The van der Waals surface area contributed by atoms with Crippen LogP contribution >= 0.6 is 22.7 Å². The molecule has 8 heteroatoms. The summed E-state index contributed by atoms with van der Waals surface area (Å²) >= 11 is 2.56. The second kappa shape index (κ2) is 5.45. The van der Waals surface area contributed by atoms with E-state index in [1.165, 1.54) is 17.5 Å². The summed E-state index contributed by atoms with van der Waals surface area (Å²) in [6, 6.07) is 1.76. The van der Waals surface area contributed by atoms with Crippen LogP contribution < -0.4 is 4.72 Å². The molecule has 2 N–H and O–H groups in total. The normalized spacial score (nSPS) is 13.7. The highest BCUT2D eigenvalue weighted by molar-refractivity contribution is 7.91. The molecule has 0 radical (unpaired) electrons. The van der Waals surface area contributed by atoms with Gasteiger partial charge in [-0.25, -0.2) is 18.1 Å². The number of thiazole rings is 1. The van der Waals surface area contributed by atoms with Gasteiger partial charge in [0.1, 0.15) is 0 Å². The van der Waals surface area contributed by atoms with Gasteiger partial charge in [0.25, 0.3) is 10.0 Å². The first kappa shape index (κ1) is 13.6. The molecule has 0 saturated carbocycles. The van der Waals surface area contributed by atoms with Crippen molar-refractivity contribution >= 4 is 32.7 Å². The molecular weight excluding hydrogens is 292 g/mol. The average Bonchev–Trinajstić information content (AvgIpc) is 2.96. The summed E-state index contributed by atoms with van der Waals surface area (Å²) in [5.74, 6) is 0. The molecule has 5 nitrogen and oxygen atoms in total. The van der Waals surface area contributed by atoms with Crippen molar-refractivity contribution in [1.29, 1.82) is 0 Å². The van der Waals surface area contributed by atoms with Gasteiger partial charge in [-0.05, 0) is 29.3 Å². The Hall–Kier alpha value is -0.800. The van der Waals surface area contributed by atoms with Gasteiger partial charge in [0.2, 0.25) is 0 Å². The van der Waals surface area contributed by atoms with Crippen LogP contribution in [0.25, 0.3) is 0 Å². The Morgan fingerprint density at radius 1 is 1.56 bits per heavy atom. The standard InChI is InChI=1S/C10H12N2O3S3/c1-7-11-5-10(17-7)18(14,15)12-4-9(13)8-2-3-16-6-8/h2-3,5-6,9,12-13H,4H2,1H3. The van der Waals surface area contributed by atoms with E-state index in [1.54, 1.807) is 18.4 Å². The summed E-state index contributed by atoms with van der Waals surface area (Å²) in [6.45, 7) is 1.69. The zero-order valence-electron chi connectivity index (χ0n) is 9.53. The lowest BCUT2D eigenvalue weighted by Crippen LogP contribution is -2.27. The highest BCUT2D eigenvalue weighted by Gasteiger charge is 2.19. The topological polar surface area (TPSA) is 79.3 Å². The van der Waals surface area contributed by atoms with E-state index in [0.717, 1.165) is 11.3 Å². The lowest BCUT2D eigenvalue weighted by molar-refractivity contribution is 0.182. The minimum atomic E-state index is -3.58. The number of hydrogen-bond donors (Lipinski definition) is 2. The highest BCUT2D eigenvalue weighted by atomic mass is 32.2. The van der Waals surface area contributed by atoms with Crippen molar-refractivity contribution in [3.05, 3.63) is 33.6 Å². The largest absolute Gasteiger partial charge is 0.387 e. The van der Waals surface area contributed by atoms with Gasteiger partial charge in [0.05, 0.1) is 17.3 Å². The molecule has 2 heterocycles. The molecule has 1 unspecified atom stereocenters. The fourth-order valence-electron chi connectivity index (χ4n) is 1.31. The Bertz CT molecular complexity index is 604. The molecule has 0 aliphatic carbocycles. The Kier molecular flexibility index (Phi) is 4.13. The van der Waals surface area contributed by atoms with E-state index in [-0.39, 0.29) is 10.8 Å². The van der Waals surface area contributed by atoms with Gasteiger partial charge >= 0.3 is 0 Å². The van der Waals surface area contributed by atoms with Crippen LogP contribution in [0, 0.1) is 6.92 Å². The average molecular weight is 304 g/mol. The van der Waals surface area contributed by atoms with E-state index in [9.17, 15) is 13.5 Å². The minimum Gasteiger partial charge on any atom is -0.387 e. The summed E-state index contributed by atoms with van der Waals surface area (Å²) in [7, 11) is -3.58. The number of aryl methyl sites for hydroxylation is 1. The van der Waals surface area contributed by atoms with Gasteiger partial charge in [0, 0.05) is 6.54 Å². The van der Waals surface area contributed by atoms with Crippen molar-refractivity contribution in [2.24, 2.45) is 0 Å². The monoisotopic (exact) mass is 304 g/mol. The molecule has 18 heavy (non-hydrogen) atoms. The molecule has 2 rings (SSSR count). The summed E-state index contributed by atoms with van der Waals surface area (Å²) in [5.41, 5.74) is 0.711. The van der Waals surface area contributed by atoms with Crippen LogP contribution in [0.15, 0.2) is 27.2 Å². The van der Waals surface area contributed by atoms with Gasteiger partial charge < -0.3 is 5.11 Å². The van der Waals surface area contributed by atoms with Crippen LogP contribution in [-0.4, -0.2) is 25.1 Å². The molecule has 1 atom stereocenters. The lowest BCUT2D eigenvalue weighted by Gasteiger charge is -2.09. The van der Waals surface area contributed by atoms with E-state index in [4.69, 9.17) is 0 Å². The Labute approximate surface area is 113 Å². The lowest BCUT2D eigenvalue weighted by atomic mass is 10.2. The number of hydrogen-bond acceptors (Lipinski definition) is 6. The SMILES string of the molecule is Cc1ncc(S(=O)(=O)NCC(O)c2ccsc2)s1. The number of nitrogens with zero attached hydrogens (tertiary/aromatic N) is 1. The zero-order chi connectivity index (χ0) is 13.2. The van der Waals surface area contributed by atoms with Crippen LogP contribution in [0.2, 0.25) is 0 Å². The summed E-state index contributed by atoms with van der Waals surface area (Å²) in [4.78, 5) is 3.90. The third-order valence-corrected chi connectivity index (χ3v) is 5.76. The molecule has 0 bridgehead atoms. The number of aliphatic hydroxyl groups excluding tert-OH is 1. The molecule has 98 valence electrons. The number of nitrogens with one attached hydrogen (secondary N) is 1. The maximum atomic E-state index is 11.9. The van der Waals surface area contributed by atoms with E-state index in [1.807, 2.05) is 5.38 Å². The van der Waals surface area contributed by atoms with E-state index < -0.39 is 16.1 Å². The fourth-order valence-corrected chi connectivity index (χ4v) is 4.21. The predicted octanol–water partition coefficient (Wildman–Crippen LogP) is 1.52. The van der Waals surface area contributed by atoms with Crippen molar-refractivity contribution < 1.29 is 13.5 Å². The molecule has 2 aromatic heterocycles. The van der Waals surface area contributed by atoms with Crippen LogP contribution in [0.3, 0.4) is 0 Å². The van der Waals surface area contributed by atoms with Gasteiger partial charge in [-0.15, -0.1) is 11.3 Å². The van der Waals surface area contributed by atoms with E-state index in [0.29, 0.717) is 10.6 Å². The maximum absolute atomic E-state index is 11.9. The minimum absolute atomic E-state index is 0.0456. The van der Waals surface area contributed by atoms with E-state index in [2.05, 4.69) is 9.71 Å². The van der Waals surface area contributed by atoms with E-state index >= 15 is 0 Å². The predicted molar refractivity (Wildman–Crippen MR) is 71.3 cm³/mol. The molecule has 0 fully saturated rings. The van der Waals surface area contributed by atoms with Gasteiger partial charge in [-0.2, -0.15) is 11.3 Å². The first-order valence-electron chi connectivity index (χ1n) is 5.11. The number of aliphatic hydroxyl groups is 1. The number of rotatable bonds is 5. The highest BCUT2D eigenvalue weighted by Crippen LogP contribution is 2.19. The van der Waals surface area contributed by atoms with Crippen molar-refractivity contribution in [1.82, 2.24) is 9.71 Å². The van der Waals surface area contributed by atoms with Crippen LogP contribution in [-0.2, 0) is 10.0 Å². The molecule has 2 aromatic rings. The molecule has 0 spiro atoms. The molecular formula is C10H12N2O3S3. The molecule has 0 saturated heterocycles. The fraction of sp³-hybridized carbons (Fsp3) is 0.300. The van der Waals surface area contributed by atoms with Gasteiger partial charge in [-0.3, -0.25) is 0 Å². The Balaban J connectivity index is 2.02. The summed E-state index contributed by atoms with van der Waals surface area (Å²) < 4.78 is 26.3. The second-order valence-electron chi connectivity index (χ2n) is 3.62. The molecule has 0 aliphatic heterocycles. The summed E-state index contributed by atoms with van der Waals surface area (Å²) in [5, 5.41) is 14.1. The molecule has 0 aliphatic rings. The summed E-state index contributed by atoms with van der Waals surface area (Å²) in [6.07, 6.45) is 0.485. The zero-order valence-corrected chi connectivity index (χ0v) is 12.0. The molecule has 0 aromatic carbocycles. The smallest absolute Gasteiger partial charge is 0.251 e. The maximum Gasteiger partial charge on any atom is 0.251 e. The van der Waals surface area contributed by atoms with Crippen LogP contribution in [0.4, 0.5) is 0 Å². The Morgan fingerprint density at radius 3 is 2.89 bits per heavy atom. The Morgan fingerprint density at radius 2 is 2.33 bits per heavy atom. The number of sulfonamides is 1. The van der Waals surface area contributed by atoms with Crippen molar-refractivity contribution in [3.63, 3.8) is 0 Å². The second-order valence-corrected chi connectivity index (χ2v) is 7.63. The third-order valence-electron chi connectivity index (χ3n) is 2.26. The van der Waals surface area contributed by atoms with Crippen molar-refractivity contribution in [3.8, 4) is 0 Å². The quantitative estimate of drug-likeness (QED) is 0.878. The third kappa shape index (κ3) is 3.15. The van der Waals surface area contributed by atoms with Crippen LogP contribution in [0.1, 0.15) is 16.7 Å². The van der Waals surface area contributed by atoms with Crippen molar-refractivity contribution in [2.75, 3.05) is 6.54 Å².